The number of aliphatic hydroxyl groups is 1. The Morgan fingerprint density at radius 1 is 1.60 bits per heavy atom. The standard InChI is InChI=1S/C11H19NO2S/c1-14-6-5-12-8-11(13)3-2-10-4-7-15-9-10/h4,7,9,11-13H,2-3,5-6,8H2,1H3. The molecule has 0 bridgehead atoms. The predicted octanol–water partition coefficient (Wildman–Crippen LogP) is 1.28. The van der Waals surface area contributed by atoms with Crippen LogP contribution < -0.4 is 5.32 Å². The Balaban J connectivity index is 2.01. The molecule has 0 radical (unpaired) electrons. The van der Waals surface area contributed by atoms with Gasteiger partial charge >= 0.3 is 0 Å². The third kappa shape index (κ3) is 5.89. The second-order valence-corrected chi connectivity index (χ2v) is 4.30. The summed E-state index contributed by atoms with van der Waals surface area (Å²) >= 11 is 1.70. The van der Waals surface area contributed by atoms with Gasteiger partial charge in [0.1, 0.15) is 0 Å². The van der Waals surface area contributed by atoms with Crippen LogP contribution in [0.5, 0.6) is 0 Å². The van der Waals surface area contributed by atoms with Gasteiger partial charge < -0.3 is 15.2 Å². The number of nitrogens with one attached hydrogen (secondary N) is 1. The van der Waals surface area contributed by atoms with Gasteiger partial charge in [0.15, 0.2) is 0 Å². The predicted molar refractivity (Wildman–Crippen MR) is 63.4 cm³/mol. The van der Waals surface area contributed by atoms with Crippen molar-refractivity contribution in [2.75, 3.05) is 26.8 Å². The minimum Gasteiger partial charge on any atom is -0.392 e. The van der Waals surface area contributed by atoms with E-state index in [1.807, 2.05) is 0 Å². The Kier molecular flexibility index (Phi) is 6.59. The first-order valence-electron chi connectivity index (χ1n) is 5.21. The molecular weight excluding hydrogens is 210 g/mol. The van der Waals surface area contributed by atoms with Crippen molar-refractivity contribution in [1.82, 2.24) is 5.32 Å². The Morgan fingerprint density at radius 2 is 2.47 bits per heavy atom. The first-order valence-corrected chi connectivity index (χ1v) is 6.16. The van der Waals surface area contributed by atoms with Gasteiger partial charge in [-0.1, -0.05) is 0 Å². The molecule has 0 saturated carbocycles. The van der Waals surface area contributed by atoms with Crippen molar-refractivity contribution < 1.29 is 9.84 Å². The molecule has 1 aromatic rings. The van der Waals surface area contributed by atoms with E-state index in [4.69, 9.17) is 4.74 Å². The lowest BCUT2D eigenvalue weighted by atomic mass is 10.1. The molecule has 0 aliphatic heterocycles. The largest absolute Gasteiger partial charge is 0.392 e. The van der Waals surface area contributed by atoms with Gasteiger partial charge in [-0.15, -0.1) is 0 Å². The maximum atomic E-state index is 9.65. The topological polar surface area (TPSA) is 41.5 Å². The number of rotatable bonds is 8. The zero-order chi connectivity index (χ0) is 10.9. The second kappa shape index (κ2) is 7.82. The maximum Gasteiger partial charge on any atom is 0.0667 e. The molecule has 0 amide bonds. The molecule has 0 spiro atoms. The zero-order valence-electron chi connectivity index (χ0n) is 9.11. The summed E-state index contributed by atoms with van der Waals surface area (Å²) in [6, 6.07) is 2.11. The van der Waals surface area contributed by atoms with Crippen molar-refractivity contribution in [3.05, 3.63) is 22.4 Å². The summed E-state index contributed by atoms with van der Waals surface area (Å²) in [5.74, 6) is 0. The normalized spacial score (nSPS) is 12.9. The van der Waals surface area contributed by atoms with E-state index in [1.54, 1.807) is 18.4 Å². The quantitative estimate of drug-likeness (QED) is 0.660. The third-order valence-corrected chi connectivity index (χ3v) is 2.94. The molecular formula is C11H19NO2S. The van der Waals surface area contributed by atoms with Crippen molar-refractivity contribution in [3.63, 3.8) is 0 Å². The van der Waals surface area contributed by atoms with Gasteiger partial charge in [0, 0.05) is 20.2 Å². The Morgan fingerprint density at radius 3 is 3.13 bits per heavy atom. The molecule has 2 N–H and O–H groups in total. The Bertz CT molecular complexity index is 239. The molecule has 0 saturated heterocycles. The molecule has 4 heteroatoms. The van der Waals surface area contributed by atoms with Gasteiger partial charge in [0.2, 0.25) is 0 Å². The van der Waals surface area contributed by atoms with E-state index >= 15 is 0 Å². The number of ether oxygens (including phenoxy) is 1. The summed E-state index contributed by atoms with van der Waals surface area (Å²) in [4.78, 5) is 0. The lowest BCUT2D eigenvalue weighted by molar-refractivity contribution is 0.152. The zero-order valence-corrected chi connectivity index (χ0v) is 9.93. The molecule has 1 heterocycles. The highest BCUT2D eigenvalue weighted by Crippen LogP contribution is 2.09. The number of thiophene rings is 1. The van der Waals surface area contributed by atoms with Gasteiger partial charge in [-0.3, -0.25) is 0 Å². The van der Waals surface area contributed by atoms with Crippen LogP contribution >= 0.6 is 11.3 Å². The van der Waals surface area contributed by atoms with Gasteiger partial charge in [-0.2, -0.15) is 11.3 Å². The lowest BCUT2D eigenvalue weighted by Crippen LogP contribution is -2.29. The molecule has 1 rings (SSSR count). The Labute approximate surface area is 95.1 Å². The highest BCUT2D eigenvalue weighted by Gasteiger charge is 2.03. The lowest BCUT2D eigenvalue weighted by Gasteiger charge is -2.10. The summed E-state index contributed by atoms with van der Waals surface area (Å²) in [7, 11) is 1.68. The van der Waals surface area contributed by atoms with Crippen LogP contribution in [0.1, 0.15) is 12.0 Å². The monoisotopic (exact) mass is 229 g/mol. The highest BCUT2D eigenvalue weighted by molar-refractivity contribution is 7.07. The molecule has 15 heavy (non-hydrogen) atoms. The highest BCUT2D eigenvalue weighted by atomic mass is 32.1. The number of methoxy groups -OCH3 is 1. The maximum absolute atomic E-state index is 9.65. The number of hydrogen-bond donors (Lipinski definition) is 2. The first-order chi connectivity index (χ1) is 7.33. The van der Waals surface area contributed by atoms with Crippen LogP contribution in [0.25, 0.3) is 0 Å². The summed E-state index contributed by atoms with van der Waals surface area (Å²) in [5.41, 5.74) is 1.32. The fourth-order valence-corrected chi connectivity index (χ4v) is 2.02. The van der Waals surface area contributed by atoms with Crippen molar-refractivity contribution >= 4 is 11.3 Å². The molecule has 86 valence electrons. The van der Waals surface area contributed by atoms with E-state index in [2.05, 4.69) is 22.1 Å². The van der Waals surface area contributed by atoms with E-state index in [-0.39, 0.29) is 6.10 Å². The van der Waals surface area contributed by atoms with Crippen molar-refractivity contribution in [3.8, 4) is 0 Å². The van der Waals surface area contributed by atoms with Crippen LogP contribution in [-0.4, -0.2) is 38.0 Å². The molecule has 1 atom stereocenters. The number of aryl methyl sites for hydroxylation is 1. The second-order valence-electron chi connectivity index (χ2n) is 3.52. The number of hydrogen-bond acceptors (Lipinski definition) is 4. The van der Waals surface area contributed by atoms with Crippen LogP contribution in [0, 0.1) is 0 Å². The fourth-order valence-electron chi connectivity index (χ4n) is 1.31. The van der Waals surface area contributed by atoms with Crippen LogP contribution in [-0.2, 0) is 11.2 Å². The average Bonchev–Trinajstić information content (AvgIpc) is 2.74. The average molecular weight is 229 g/mol. The van der Waals surface area contributed by atoms with Gasteiger partial charge in [-0.25, -0.2) is 0 Å². The summed E-state index contributed by atoms with van der Waals surface area (Å²) < 4.78 is 4.90. The molecule has 0 aliphatic carbocycles. The molecule has 0 aliphatic rings. The van der Waals surface area contributed by atoms with E-state index < -0.39 is 0 Å². The number of aliphatic hydroxyl groups excluding tert-OH is 1. The molecule has 3 nitrogen and oxygen atoms in total. The molecule has 1 aromatic heterocycles. The van der Waals surface area contributed by atoms with Crippen LogP contribution in [0.2, 0.25) is 0 Å². The fraction of sp³-hybridized carbons (Fsp3) is 0.636. The first kappa shape index (κ1) is 12.6. The van der Waals surface area contributed by atoms with E-state index in [9.17, 15) is 5.11 Å². The van der Waals surface area contributed by atoms with E-state index in [0.29, 0.717) is 13.2 Å². The third-order valence-electron chi connectivity index (χ3n) is 2.21. The van der Waals surface area contributed by atoms with Crippen molar-refractivity contribution in [1.29, 1.82) is 0 Å². The minimum absolute atomic E-state index is 0.262. The van der Waals surface area contributed by atoms with E-state index in [0.717, 1.165) is 19.4 Å². The van der Waals surface area contributed by atoms with Crippen molar-refractivity contribution in [2.24, 2.45) is 0 Å². The Hall–Kier alpha value is -0.420. The molecule has 1 unspecified atom stereocenters. The minimum atomic E-state index is -0.262. The van der Waals surface area contributed by atoms with Gasteiger partial charge in [0.05, 0.1) is 12.7 Å². The van der Waals surface area contributed by atoms with Crippen LogP contribution in [0.15, 0.2) is 16.8 Å². The SMILES string of the molecule is COCCNCC(O)CCc1ccsc1. The summed E-state index contributed by atoms with van der Waals surface area (Å²) in [5, 5.41) is 17.0. The molecule has 0 fully saturated rings. The van der Waals surface area contributed by atoms with Crippen LogP contribution in [0.3, 0.4) is 0 Å². The van der Waals surface area contributed by atoms with Crippen LogP contribution in [0.4, 0.5) is 0 Å². The van der Waals surface area contributed by atoms with Crippen molar-refractivity contribution in [2.45, 2.75) is 18.9 Å². The van der Waals surface area contributed by atoms with Gasteiger partial charge in [-0.05, 0) is 35.2 Å². The molecule has 0 aromatic carbocycles. The smallest absolute Gasteiger partial charge is 0.0667 e. The van der Waals surface area contributed by atoms with Gasteiger partial charge in [0.25, 0.3) is 0 Å². The summed E-state index contributed by atoms with van der Waals surface area (Å²) in [6.07, 6.45) is 1.51. The van der Waals surface area contributed by atoms with E-state index in [1.165, 1.54) is 5.56 Å². The summed E-state index contributed by atoms with van der Waals surface area (Å²) in [6.45, 7) is 2.14.